The summed E-state index contributed by atoms with van der Waals surface area (Å²) in [4.78, 5) is 18.0. The number of pyridine rings is 1. The fourth-order valence-corrected chi connectivity index (χ4v) is 6.75. The number of anilines is 2. The summed E-state index contributed by atoms with van der Waals surface area (Å²) in [6, 6.07) is 6.72. The van der Waals surface area contributed by atoms with Crippen LogP contribution in [0.4, 0.5) is 15.9 Å². The van der Waals surface area contributed by atoms with Gasteiger partial charge in [0.2, 0.25) is 10.0 Å². The van der Waals surface area contributed by atoms with E-state index in [1.165, 1.54) is 18.5 Å². The van der Waals surface area contributed by atoms with Crippen LogP contribution in [-0.4, -0.2) is 71.3 Å². The Kier molecular flexibility index (Phi) is 8.25. The van der Waals surface area contributed by atoms with Crippen molar-refractivity contribution in [2.75, 3.05) is 42.1 Å². The number of benzene rings is 1. The molecule has 9 nitrogen and oxygen atoms in total. The number of aromatic nitrogens is 4. The van der Waals surface area contributed by atoms with E-state index in [0.29, 0.717) is 34.6 Å². The Hall–Kier alpha value is -3.28. The Bertz CT molecular complexity index is 1610. The SMILES string of the molecule is CCCS(=O)(=O)Nc1ccc(F)c(-n2cc(-c3cncnc3)c3nc(N(C)C4CCN(CC)CC4)ccc32)c1Cl. The molecule has 0 aliphatic carbocycles. The number of nitrogens with zero attached hydrogens (tertiary/aromatic N) is 6. The summed E-state index contributed by atoms with van der Waals surface area (Å²) < 4.78 is 44.4. The lowest BCUT2D eigenvalue weighted by atomic mass is 10.0. The first kappa shape index (κ1) is 28.3. The topological polar surface area (TPSA) is 96.2 Å². The maximum Gasteiger partial charge on any atom is 0.232 e. The Balaban J connectivity index is 1.62. The minimum Gasteiger partial charge on any atom is -0.357 e. The van der Waals surface area contributed by atoms with Gasteiger partial charge < -0.3 is 14.4 Å². The van der Waals surface area contributed by atoms with Gasteiger partial charge in [-0.05, 0) is 50.1 Å². The van der Waals surface area contributed by atoms with Crippen molar-refractivity contribution in [2.45, 2.75) is 39.2 Å². The van der Waals surface area contributed by atoms with Crippen LogP contribution >= 0.6 is 11.6 Å². The number of fused-ring (bicyclic) bond motifs is 1. The summed E-state index contributed by atoms with van der Waals surface area (Å²) in [6.07, 6.45) is 9.08. The van der Waals surface area contributed by atoms with Crippen LogP contribution in [0.2, 0.25) is 5.02 Å². The van der Waals surface area contributed by atoms with Gasteiger partial charge in [0.1, 0.15) is 23.6 Å². The van der Waals surface area contributed by atoms with E-state index in [-0.39, 0.29) is 22.2 Å². The number of hydrogen-bond acceptors (Lipinski definition) is 7. The van der Waals surface area contributed by atoms with Gasteiger partial charge in [-0.2, -0.15) is 0 Å². The first-order valence-electron chi connectivity index (χ1n) is 13.4. The van der Waals surface area contributed by atoms with Crippen molar-refractivity contribution in [1.29, 1.82) is 0 Å². The zero-order chi connectivity index (χ0) is 28.4. The van der Waals surface area contributed by atoms with E-state index < -0.39 is 15.8 Å². The first-order chi connectivity index (χ1) is 19.2. The molecule has 1 N–H and O–H groups in total. The van der Waals surface area contributed by atoms with Crippen LogP contribution in [0.15, 0.2) is 49.2 Å². The highest BCUT2D eigenvalue weighted by Gasteiger charge is 2.25. The van der Waals surface area contributed by atoms with Gasteiger partial charge in [0, 0.05) is 55.9 Å². The zero-order valence-electron chi connectivity index (χ0n) is 22.8. The normalized spacial score (nSPS) is 15.0. The smallest absolute Gasteiger partial charge is 0.232 e. The molecule has 1 fully saturated rings. The number of sulfonamides is 1. The Morgan fingerprint density at radius 2 is 1.85 bits per heavy atom. The third-order valence-corrected chi connectivity index (χ3v) is 9.32. The van der Waals surface area contributed by atoms with E-state index in [0.717, 1.165) is 38.3 Å². The number of likely N-dealkylation sites (tertiary alicyclic amines) is 1. The van der Waals surface area contributed by atoms with Crippen LogP contribution in [0.1, 0.15) is 33.1 Å². The lowest BCUT2D eigenvalue weighted by Gasteiger charge is -2.36. The minimum atomic E-state index is -3.63. The van der Waals surface area contributed by atoms with E-state index in [4.69, 9.17) is 16.6 Å². The van der Waals surface area contributed by atoms with Gasteiger partial charge in [-0.15, -0.1) is 0 Å². The van der Waals surface area contributed by atoms with E-state index in [1.807, 2.05) is 12.1 Å². The average molecular weight is 586 g/mol. The van der Waals surface area contributed by atoms with E-state index in [2.05, 4.69) is 38.5 Å². The second-order valence-electron chi connectivity index (χ2n) is 10.0. The summed E-state index contributed by atoms with van der Waals surface area (Å²) in [5.74, 6) is 0.143. The molecular formula is C28H33ClFN7O2S. The van der Waals surface area contributed by atoms with E-state index in [1.54, 1.807) is 30.1 Å². The average Bonchev–Trinajstić information content (AvgIpc) is 3.33. The predicted molar refractivity (Wildman–Crippen MR) is 158 cm³/mol. The molecule has 0 atom stereocenters. The molecule has 1 aliphatic heterocycles. The summed E-state index contributed by atoms with van der Waals surface area (Å²) >= 11 is 6.67. The Labute approximate surface area is 239 Å². The van der Waals surface area contributed by atoms with Crippen LogP contribution < -0.4 is 9.62 Å². The molecule has 4 aromatic rings. The summed E-state index contributed by atoms with van der Waals surface area (Å²) in [7, 11) is -1.57. The lowest BCUT2D eigenvalue weighted by molar-refractivity contribution is 0.220. The maximum absolute atomic E-state index is 15.4. The quantitative estimate of drug-likeness (QED) is 0.283. The van der Waals surface area contributed by atoms with Gasteiger partial charge in [0.15, 0.2) is 0 Å². The van der Waals surface area contributed by atoms with Crippen molar-refractivity contribution in [3.63, 3.8) is 0 Å². The molecule has 40 heavy (non-hydrogen) atoms. The van der Waals surface area contributed by atoms with Crippen molar-refractivity contribution in [3.8, 4) is 16.8 Å². The molecule has 1 saturated heterocycles. The Morgan fingerprint density at radius 3 is 2.52 bits per heavy atom. The molecule has 4 heterocycles. The number of rotatable bonds is 9. The summed E-state index contributed by atoms with van der Waals surface area (Å²) in [5, 5.41) is -0.0451. The van der Waals surface area contributed by atoms with Crippen LogP contribution in [0.3, 0.4) is 0 Å². The number of nitrogens with one attached hydrogen (secondary N) is 1. The molecule has 0 amide bonds. The summed E-state index contributed by atoms with van der Waals surface area (Å²) in [5.41, 5.74) is 2.82. The molecule has 0 radical (unpaired) electrons. The maximum atomic E-state index is 15.4. The highest BCUT2D eigenvalue weighted by molar-refractivity contribution is 7.92. The van der Waals surface area contributed by atoms with Gasteiger partial charge >= 0.3 is 0 Å². The lowest BCUT2D eigenvalue weighted by Crippen LogP contribution is -2.43. The largest absolute Gasteiger partial charge is 0.357 e. The second kappa shape index (κ2) is 11.7. The number of halogens is 2. The third-order valence-electron chi connectivity index (χ3n) is 7.46. The Morgan fingerprint density at radius 1 is 1.12 bits per heavy atom. The van der Waals surface area contributed by atoms with Crippen molar-refractivity contribution in [1.82, 2.24) is 24.4 Å². The fourth-order valence-electron chi connectivity index (χ4n) is 5.26. The monoisotopic (exact) mass is 585 g/mol. The number of piperidine rings is 1. The number of hydrogen-bond donors (Lipinski definition) is 1. The fraction of sp³-hybridized carbons (Fsp3) is 0.393. The van der Waals surface area contributed by atoms with Crippen LogP contribution in [0.5, 0.6) is 0 Å². The van der Waals surface area contributed by atoms with Crippen LogP contribution in [0.25, 0.3) is 27.8 Å². The van der Waals surface area contributed by atoms with Crippen molar-refractivity contribution in [2.24, 2.45) is 0 Å². The molecular weight excluding hydrogens is 553 g/mol. The highest BCUT2D eigenvalue weighted by Crippen LogP contribution is 2.38. The molecule has 212 valence electrons. The van der Waals surface area contributed by atoms with Gasteiger partial charge in [-0.3, -0.25) is 4.72 Å². The molecule has 1 aromatic carbocycles. The minimum absolute atomic E-state index is 0.0290. The van der Waals surface area contributed by atoms with Gasteiger partial charge in [0.05, 0.1) is 27.5 Å². The zero-order valence-corrected chi connectivity index (χ0v) is 24.4. The predicted octanol–water partition coefficient (Wildman–Crippen LogP) is 5.35. The van der Waals surface area contributed by atoms with Crippen molar-refractivity contribution >= 4 is 44.2 Å². The van der Waals surface area contributed by atoms with E-state index in [9.17, 15) is 8.42 Å². The molecule has 0 unspecified atom stereocenters. The van der Waals surface area contributed by atoms with Crippen molar-refractivity contribution < 1.29 is 12.8 Å². The first-order valence-corrected chi connectivity index (χ1v) is 15.5. The molecule has 0 bridgehead atoms. The molecule has 3 aromatic heterocycles. The molecule has 5 rings (SSSR count). The molecule has 0 spiro atoms. The third kappa shape index (κ3) is 5.63. The highest BCUT2D eigenvalue weighted by atomic mass is 35.5. The van der Waals surface area contributed by atoms with Crippen molar-refractivity contribution in [3.05, 3.63) is 60.0 Å². The van der Waals surface area contributed by atoms with Crippen LogP contribution in [0, 0.1) is 5.82 Å². The van der Waals surface area contributed by atoms with E-state index >= 15 is 4.39 Å². The van der Waals surface area contributed by atoms with Gasteiger partial charge in [-0.25, -0.2) is 27.8 Å². The molecule has 1 aliphatic rings. The summed E-state index contributed by atoms with van der Waals surface area (Å²) in [6.45, 7) is 7.10. The standard InChI is InChI=1S/C28H33ClFN7O2S/c1-4-14-40(38,39)34-23-7-6-22(30)28(26(23)29)37-17-21(19-15-31-18-32-16-19)27-24(37)8-9-25(33-27)35(3)20-10-12-36(5-2)13-11-20/h6-9,15-18,20,34H,4-5,10-14H2,1-3H3. The van der Waals surface area contributed by atoms with Gasteiger partial charge in [-0.1, -0.05) is 25.4 Å². The molecule has 12 heteroatoms. The molecule has 0 saturated carbocycles. The second-order valence-corrected chi connectivity index (χ2v) is 12.3. The van der Waals surface area contributed by atoms with Crippen LogP contribution in [-0.2, 0) is 10.0 Å². The van der Waals surface area contributed by atoms with Gasteiger partial charge in [0.25, 0.3) is 0 Å².